The Labute approximate surface area is 163 Å². The van der Waals surface area contributed by atoms with Gasteiger partial charge in [-0.15, -0.1) is 0 Å². The van der Waals surface area contributed by atoms with E-state index in [1.807, 2.05) is 0 Å². The van der Waals surface area contributed by atoms with Crippen LogP contribution in [0.2, 0.25) is 0 Å². The molecule has 3 nitrogen and oxygen atoms in total. The molecule has 0 saturated heterocycles. The van der Waals surface area contributed by atoms with Gasteiger partial charge in [-0.25, -0.2) is 0 Å². The Morgan fingerprint density at radius 2 is 1.15 bits per heavy atom. The van der Waals surface area contributed by atoms with Crippen LogP contribution in [0.4, 0.5) is 0 Å². The summed E-state index contributed by atoms with van der Waals surface area (Å²) in [5, 5.41) is 5.41. The van der Waals surface area contributed by atoms with Crippen LogP contribution in [-0.2, 0) is 6.54 Å². The van der Waals surface area contributed by atoms with Crippen molar-refractivity contribution in [2.24, 2.45) is 11.5 Å². The fraction of sp³-hybridized carbons (Fsp3) is 0.417. The number of nitrogens with zero attached hydrogens (tertiary/aromatic N) is 1. The summed E-state index contributed by atoms with van der Waals surface area (Å²) in [4.78, 5) is 2.61. The molecule has 0 aromatic heterocycles. The highest BCUT2D eigenvalue weighted by atomic mass is 15.1. The molecule has 0 spiro atoms. The lowest BCUT2D eigenvalue weighted by Crippen LogP contribution is -2.26. The molecule has 0 radical (unpaired) electrons. The van der Waals surface area contributed by atoms with Crippen molar-refractivity contribution in [2.75, 3.05) is 26.2 Å². The number of benzene rings is 3. The van der Waals surface area contributed by atoms with Crippen LogP contribution in [0.3, 0.4) is 0 Å². The summed E-state index contributed by atoms with van der Waals surface area (Å²) in [5.74, 6) is 0. The van der Waals surface area contributed by atoms with Crippen LogP contribution in [0.1, 0.15) is 37.7 Å². The molecule has 0 aliphatic rings. The van der Waals surface area contributed by atoms with Gasteiger partial charge in [-0.1, -0.05) is 55.0 Å². The Morgan fingerprint density at radius 1 is 0.630 bits per heavy atom. The highest BCUT2D eigenvalue weighted by Gasteiger charge is 2.12. The van der Waals surface area contributed by atoms with Gasteiger partial charge in [0.1, 0.15) is 0 Å². The zero-order valence-corrected chi connectivity index (χ0v) is 16.4. The second-order valence-corrected chi connectivity index (χ2v) is 7.42. The highest BCUT2D eigenvalue weighted by Crippen LogP contribution is 2.29. The summed E-state index contributed by atoms with van der Waals surface area (Å²) < 4.78 is 0. The number of hydrogen-bond donors (Lipinski definition) is 2. The first kappa shape index (κ1) is 19.8. The fourth-order valence-electron chi connectivity index (χ4n) is 3.91. The lowest BCUT2D eigenvalue weighted by molar-refractivity contribution is 0.256. The van der Waals surface area contributed by atoms with Gasteiger partial charge in [-0.05, 0) is 85.0 Å². The molecule has 0 aliphatic heterocycles. The maximum absolute atomic E-state index is 5.72. The second kappa shape index (κ2) is 10.4. The molecule has 0 bridgehead atoms. The average molecular weight is 364 g/mol. The van der Waals surface area contributed by atoms with Crippen molar-refractivity contribution in [3.8, 4) is 0 Å². The predicted octanol–water partition coefficient (Wildman–Crippen LogP) is 4.66. The van der Waals surface area contributed by atoms with Crippen molar-refractivity contribution in [2.45, 2.75) is 38.6 Å². The SMILES string of the molecule is NCCCCCN(CCCCN)Cc1c2ccccc2cc2ccccc12. The van der Waals surface area contributed by atoms with Gasteiger partial charge < -0.3 is 11.5 Å². The minimum atomic E-state index is 0.776. The first-order valence-electron chi connectivity index (χ1n) is 10.4. The Morgan fingerprint density at radius 3 is 1.74 bits per heavy atom. The summed E-state index contributed by atoms with van der Waals surface area (Å²) in [7, 11) is 0. The highest BCUT2D eigenvalue weighted by molar-refractivity contribution is 6.02. The monoisotopic (exact) mass is 363 g/mol. The van der Waals surface area contributed by atoms with Gasteiger partial charge >= 0.3 is 0 Å². The molecule has 0 aliphatic carbocycles. The van der Waals surface area contributed by atoms with Crippen molar-refractivity contribution < 1.29 is 0 Å². The minimum Gasteiger partial charge on any atom is -0.330 e. The van der Waals surface area contributed by atoms with Crippen LogP contribution in [0.15, 0.2) is 54.6 Å². The third-order valence-electron chi connectivity index (χ3n) is 5.37. The number of hydrogen-bond acceptors (Lipinski definition) is 3. The molecular weight excluding hydrogens is 330 g/mol. The Balaban J connectivity index is 1.89. The zero-order chi connectivity index (χ0) is 18.9. The first-order chi connectivity index (χ1) is 13.3. The Bertz CT molecular complexity index is 789. The van der Waals surface area contributed by atoms with Crippen LogP contribution in [0.25, 0.3) is 21.5 Å². The van der Waals surface area contributed by atoms with E-state index in [4.69, 9.17) is 11.5 Å². The number of nitrogens with two attached hydrogens (primary N) is 2. The van der Waals surface area contributed by atoms with E-state index in [9.17, 15) is 0 Å². The van der Waals surface area contributed by atoms with Crippen molar-refractivity contribution in [1.82, 2.24) is 4.90 Å². The van der Waals surface area contributed by atoms with E-state index in [-0.39, 0.29) is 0 Å². The molecule has 144 valence electrons. The maximum Gasteiger partial charge on any atom is 0.0246 e. The van der Waals surface area contributed by atoms with E-state index in [1.54, 1.807) is 0 Å². The smallest absolute Gasteiger partial charge is 0.0246 e. The lowest BCUT2D eigenvalue weighted by atomic mass is 9.96. The van der Waals surface area contributed by atoms with Crippen LogP contribution < -0.4 is 11.5 Å². The summed E-state index contributed by atoms with van der Waals surface area (Å²) >= 11 is 0. The van der Waals surface area contributed by atoms with Gasteiger partial charge in [0, 0.05) is 6.54 Å². The Kier molecular flexibility index (Phi) is 7.64. The summed E-state index contributed by atoms with van der Waals surface area (Å²) in [5.41, 5.74) is 12.8. The molecule has 3 aromatic carbocycles. The molecular formula is C24H33N3. The maximum atomic E-state index is 5.72. The van der Waals surface area contributed by atoms with E-state index >= 15 is 0 Å². The molecule has 3 aromatic rings. The third kappa shape index (κ3) is 5.29. The van der Waals surface area contributed by atoms with Crippen molar-refractivity contribution in [3.63, 3.8) is 0 Å². The molecule has 0 heterocycles. The van der Waals surface area contributed by atoms with Gasteiger partial charge in [0.15, 0.2) is 0 Å². The molecule has 27 heavy (non-hydrogen) atoms. The topological polar surface area (TPSA) is 55.3 Å². The van der Waals surface area contributed by atoms with Crippen LogP contribution in [0.5, 0.6) is 0 Å². The summed E-state index contributed by atoms with van der Waals surface area (Å²) in [6.07, 6.45) is 5.79. The molecule has 3 rings (SSSR count). The van der Waals surface area contributed by atoms with E-state index < -0.39 is 0 Å². The average Bonchev–Trinajstić information content (AvgIpc) is 2.70. The van der Waals surface area contributed by atoms with Crippen molar-refractivity contribution in [3.05, 3.63) is 60.2 Å². The quantitative estimate of drug-likeness (QED) is 0.385. The lowest BCUT2D eigenvalue weighted by Gasteiger charge is -2.24. The molecule has 0 fully saturated rings. The van der Waals surface area contributed by atoms with E-state index in [0.717, 1.165) is 52.0 Å². The van der Waals surface area contributed by atoms with Gasteiger partial charge in [-0.2, -0.15) is 0 Å². The van der Waals surface area contributed by atoms with Crippen molar-refractivity contribution in [1.29, 1.82) is 0 Å². The normalized spacial score (nSPS) is 11.7. The molecule has 0 atom stereocenters. The van der Waals surface area contributed by atoms with Gasteiger partial charge in [0.05, 0.1) is 0 Å². The van der Waals surface area contributed by atoms with E-state index in [2.05, 4.69) is 59.5 Å². The number of unbranched alkanes of at least 4 members (excludes halogenated alkanes) is 3. The van der Waals surface area contributed by atoms with E-state index in [0.29, 0.717) is 0 Å². The zero-order valence-electron chi connectivity index (χ0n) is 16.4. The molecule has 0 saturated carbocycles. The van der Waals surface area contributed by atoms with Crippen LogP contribution >= 0.6 is 0 Å². The van der Waals surface area contributed by atoms with Gasteiger partial charge in [-0.3, -0.25) is 4.90 Å². The molecule has 0 unspecified atom stereocenters. The minimum absolute atomic E-state index is 0.776. The molecule has 4 N–H and O–H groups in total. The van der Waals surface area contributed by atoms with Crippen LogP contribution in [0, 0.1) is 0 Å². The van der Waals surface area contributed by atoms with Gasteiger partial charge in [0.25, 0.3) is 0 Å². The summed E-state index contributed by atoms with van der Waals surface area (Å²) in [6.45, 7) is 4.80. The third-order valence-corrected chi connectivity index (χ3v) is 5.37. The first-order valence-corrected chi connectivity index (χ1v) is 10.4. The fourth-order valence-corrected chi connectivity index (χ4v) is 3.91. The summed E-state index contributed by atoms with van der Waals surface area (Å²) in [6, 6.07) is 19.9. The standard InChI is InChI=1S/C24H33N3/c25-14-6-1-8-16-27(17-9-7-15-26)19-24-22-12-4-2-10-20(22)18-21-11-3-5-13-23(21)24/h2-5,10-13,18H,1,6-9,14-17,19,25-26H2. The Hall–Kier alpha value is -1.94. The largest absolute Gasteiger partial charge is 0.330 e. The number of rotatable bonds is 11. The number of fused-ring (bicyclic) bond motifs is 2. The predicted molar refractivity (Wildman–Crippen MR) is 118 cm³/mol. The van der Waals surface area contributed by atoms with E-state index in [1.165, 1.54) is 39.9 Å². The van der Waals surface area contributed by atoms with Crippen LogP contribution in [-0.4, -0.2) is 31.1 Å². The van der Waals surface area contributed by atoms with Gasteiger partial charge in [0.2, 0.25) is 0 Å². The van der Waals surface area contributed by atoms with Crippen molar-refractivity contribution >= 4 is 21.5 Å². The molecule has 0 amide bonds. The molecule has 3 heteroatoms. The second-order valence-electron chi connectivity index (χ2n) is 7.42.